The summed E-state index contributed by atoms with van der Waals surface area (Å²) in [6, 6.07) is 0. The molecule has 5 aliphatic carbocycles. The minimum absolute atomic E-state index is 0.140. The highest BCUT2D eigenvalue weighted by Gasteiger charge is 2.68. The number of ketones is 2. The van der Waals surface area contributed by atoms with Gasteiger partial charge in [-0.25, -0.2) is 0 Å². The van der Waals surface area contributed by atoms with E-state index < -0.39 is 23.8 Å². The number of carbonyl (C=O) groups excluding carboxylic acids is 4. The third kappa shape index (κ3) is 2.26. The van der Waals surface area contributed by atoms with Gasteiger partial charge in [-0.3, -0.25) is 19.2 Å². The SMILES string of the molecule is COC(=O)[C@@H]1[C@H](C(=O)OC)[C@H]2[C@H](C[C@H]3CCC(=O)[C@H]32)[C@H]2C[C@H]3CCC(=O)[C@@H]3[C@@H]21. The summed E-state index contributed by atoms with van der Waals surface area (Å²) >= 11 is 0. The number of ether oxygens (including phenoxy) is 2. The lowest BCUT2D eigenvalue weighted by molar-refractivity contribution is -0.173. The van der Waals surface area contributed by atoms with Crippen molar-refractivity contribution in [1.29, 1.82) is 0 Å². The quantitative estimate of drug-likeness (QED) is 0.673. The average molecular weight is 388 g/mol. The Balaban J connectivity index is 1.63. The van der Waals surface area contributed by atoms with E-state index >= 15 is 0 Å². The van der Waals surface area contributed by atoms with Crippen molar-refractivity contribution in [3.63, 3.8) is 0 Å². The monoisotopic (exact) mass is 388 g/mol. The Kier molecular flexibility index (Phi) is 4.18. The van der Waals surface area contributed by atoms with Crippen molar-refractivity contribution in [2.24, 2.45) is 59.2 Å². The molecular formula is C22H28O6. The molecule has 5 rings (SSSR count). The van der Waals surface area contributed by atoms with Gasteiger partial charge in [-0.2, -0.15) is 0 Å². The van der Waals surface area contributed by atoms with Crippen LogP contribution in [0, 0.1) is 59.2 Å². The van der Waals surface area contributed by atoms with Gasteiger partial charge in [-0.05, 0) is 61.2 Å². The molecule has 10 atom stereocenters. The molecule has 0 aromatic rings. The van der Waals surface area contributed by atoms with E-state index in [1.807, 2.05) is 0 Å². The summed E-state index contributed by atoms with van der Waals surface area (Å²) in [4.78, 5) is 51.4. The van der Waals surface area contributed by atoms with Gasteiger partial charge in [0, 0.05) is 24.7 Å². The second-order valence-corrected chi connectivity index (χ2v) is 9.63. The molecule has 0 bridgehead atoms. The zero-order chi connectivity index (χ0) is 19.7. The first-order chi connectivity index (χ1) is 13.5. The maximum absolute atomic E-state index is 13.0. The van der Waals surface area contributed by atoms with Crippen LogP contribution in [0.5, 0.6) is 0 Å². The molecule has 28 heavy (non-hydrogen) atoms. The molecular weight excluding hydrogens is 360 g/mol. The summed E-state index contributed by atoms with van der Waals surface area (Å²) in [5.74, 6) is -1.20. The minimum Gasteiger partial charge on any atom is -0.469 e. The van der Waals surface area contributed by atoms with Crippen molar-refractivity contribution in [2.75, 3.05) is 14.2 Å². The molecule has 0 N–H and O–H groups in total. The zero-order valence-corrected chi connectivity index (χ0v) is 16.5. The Bertz CT molecular complexity index is 681. The van der Waals surface area contributed by atoms with Crippen LogP contribution in [0.15, 0.2) is 0 Å². The molecule has 6 nitrogen and oxygen atoms in total. The molecule has 0 heterocycles. The van der Waals surface area contributed by atoms with Crippen molar-refractivity contribution >= 4 is 23.5 Å². The second kappa shape index (κ2) is 6.39. The maximum Gasteiger partial charge on any atom is 0.309 e. The topological polar surface area (TPSA) is 86.7 Å². The first-order valence-corrected chi connectivity index (χ1v) is 10.7. The van der Waals surface area contributed by atoms with Crippen LogP contribution >= 0.6 is 0 Å². The number of hydrogen-bond acceptors (Lipinski definition) is 6. The number of carbonyl (C=O) groups is 4. The van der Waals surface area contributed by atoms with Gasteiger partial charge in [-0.1, -0.05) is 0 Å². The van der Waals surface area contributed by atoms with Crippen LogP contribution in [-0.4, -0.2) is 37.7 Å². The third-order valence-corrected chi connectivity index (χ3v) is 8.96. The van der Waals surface area contributed by atoms with Crippen LogP contribution in [0.3, 0.4) is 0 Å². The summed E-state index contributed by atoms with van der Waals surface area (Å²) in [5.41, 5.74) is 0. The lowest BCUT2D eigenvalue weighted by Crippen LogP contribution is -2.53. The van der Waals surface area contributed by atoms with Crippen molar-refractivity contribution in [3.05, 3.63) is 0 Å². The largest absolute Gasteiger partial charge is 0.469 e. The van der Waals surface area contributed by atoms with Crippen LogP contribution in [-0.2, 0) is 28.7 Å². The summed E-state index contributed by atoms with van der Waals surface area (Å²) in [5, 5.41) is 0. The first-order valence-electron chi connectivity index (χ1n) is 10.7. The van der Waals surface area contributed by atoms with Crippen molar-refractivity contribution in [3.8, 4) is 0 Å². The number of fused-ring (bicyclic) bond motifs is 7. The number of hydrogen-bond donors (Lipinski definition) is 0. The van der Waals surface area contributed by atoms with E-state index in [2.05, 4.69) is 0 Å². The van der Waals surface area contributed by atoms with Crippen LogP contribution < -0.4 is 0 Å². The van der Waals surface area contributed by atoms with Crippen LogP contribution in [0.2, 0.25) is 0 Å². The molecule has 0 radical (unpaired) electrons. The van der Waals surface area contributed by atoms with Crippen LogP contribution in [0.1, 0.15) is 38.5 Å². The van der Waals surface area contributed by atoms with Gasteiger partial charge in [-0.15, -0.1) is 0 Å². The standard InChI is InChI=1S/C22H28O6/c1-27-21(25)19-17-11(7-9-3-5-13(23)15(9)17)12-8-10-4-6-14(24)16(10)18(12)20(19)22(26)28-2/h9-12,15-20H,3-8H2,1-2H3/t9-,10-,11-,12-,15-,16+,17-,18+,19+,20-/m1/s1. The molecule has 6 heteroatoms. The van der Waals surface area contributed by atoms with E-state index in [-0.39, 0.29) is 47.1 Å². The highest BCUT2D eigenvalue weighted by molar-refractivity contribution is 5.89. The van der Waals surface area contributed by atoms with E-state index in [0.717, 1.165) is 25.7 Å². The predicted octanol–water partition coefficient (Wildman–Crippen LogP) is 2.04. The summed E-state index contributed by atoms with van der Waals surface area (Å²) in [6.07, 6.45) is 4.81. The maximum atomic E-state index is 13.0. The zero-order valence-electron chi connectivity index (χ0n) is 16.5. The van der Waals surface area contributed by atoms with Gasteiger partial charge in [0.1, 0.15) is 11.6 Å². The second-order valence-electron chi connectivity index (χ2n) is 9.63. The third-order valence-electron chi connectivity index (χ3n) is 8.96. The fourth-order valence-corrected chi connectivity index (χ4v) is 8.26. The summed E-state index contributed by atoms with van der Waals surface area (Å²) < 4.78 is 10.3. The van der Waals surface area contributed by atoms with Crippen molar-refractivity contribution in [1.82, 2.24) is 0 Å². The number of rotatable bonds is 2. The molecule has 5 fully saturated rings. The molecule has 0 unspecified atom stereocenters. The van der Waals surface area contributed by atoms with Crippen LogP contribution in [0.25, 0.3) is 0 Å². The van der Waals surface area contributed by atoms with E-state index in [1.165, 1.54) is 14.2 Å². The van der Waals surface area contributed by atoms with Gasteiger partial charge in [0.2, 0.25) is 0 Å². The fourth-order valence-electron chi connectivity index (χ4n) is 8.26. The number of esters is 2. The van der Waals surface area contributed by atoms with Gasteiger partial charge >= 0.3 is 11.9 Å². The predicted molar refractivity (Wildman–Crippen MR) is 96.6 cm³/mol. The lowest BCUT2D eigenvalue weighted by Gasteiger charge is -2.47. The van der Waals surface area contributed by atoms with E-state index in [1.54, 1.807) is 0 Å². The molecule has 0 aliphatic heterocycles. The van der Waals surface area contributed by atoms with Crippen molar-refractivity contribution < 1.29 is 28.7 Å². The Hall–Kier alpha value is -1.72. The molecule has 0 amide bonds. The lowest BCUT2D eigenvalue weighted by atomic mass is 9.55. The van der Waals surface area contributed by atoms with Crippen molar-refractivity contribution in [2.45, 2.75) is 38.5 Å². The first kappa shape index (κ1) is 18.3. The normalized spacial score (nSPS) is 48.6. The van der Waals surface area contributed by atoms with E-state index in [9.17, 15) is 19.2 Å². The minimum atomic E-state index is -0.673. The highest BCUT2D eigenvalue weighted by atomic mass is 16.5. The fraction of sp³-hybridized carbons (Fsp3) is 0.818. The smallest absolute Gasteiger partial charge is 0.309 e. The molecule has 0 saturated heterocycles. The summed E-state index contributed by atoms with van der Waals surface area (Å²) in [6.45, 7) is 0. The molecule has 0 aromatic heterocycles. The van der Waals surface area contributed by atoms with Gasteiger partial charge in [0.25, 0.3) is 0 Å². The molecule has 0 aromatic carbocycles. The molecule has 5 aliphatic rings. The number of Topliss-reactive ketones (excluding diaryl/α,β-unsaturated/α-hetero) is 2. The molecule has 152 valence electrons. The Morgan fingerprint density at radius 2 is 1.14 bits per heavy atom. The number of methoxy groups -OCH3 is 2. The Morgan fingerprint density at radius 3 is 1.50 bits per heavy atom. The average Bonchev–Trinajstić information content (AvgIpc) is 3.42. The Labute approximate surface area is 164 Å². The van der Waals surface area contributed by atoms with Gasteiger partial charge in [0.15, 0.2) is 0 Å². The van der Waals surface area contributed by atoms with E-state index in [4.69, 9.17) is 9.47 Å². The van der Waals surface area contributed by atoms with Gasteiger partial charge in [0.05, 0.1) is 26.1 Å². The van der Waals surface area contributed by atoms with Crippen LogP contribution in [0.4, 0.5) is 0 Å². The van der Waals surface area contributed by atoms with E-state index in [0.29, 0.717) is 24.7 Å². The molecule has 5 saturated carbocycles. The molecule has 0 spiro atoms. The highest BCUT2D eigenvalue weighted by Crippen LogP contribution is 2.67. The van der Waals surface area contributed by atoms with Gasteiger partial charge < -0.3 is 9.47 Å². The summed E-state index contributed by atoms with van der Waals surface area (Å²) in [7, 11) is 2.69. The Morgan fingerprint density at radius 1 is 0.750 bits per heavy atom.